The van der Waals surface area contributed by atoms with Crippen LogP contribution in [0.1, 0.15) is 35.7 Å². The molecular formula is C19H22N2O3. The van der Waals surface area contributed by atoms with Gasteiger partial charge in [-0.05, 0) is 18.6 Å². The maximum atomic E-state index is 12.5. The van der Waals surface area contributed by atoms with Gasteiger partial charge in [0.15, 0.2) is 0 Å². The maximum Gasteiger partial charge on any atom is 0.278 e. The Morgan fingerprint density at radius 3 is 2.17 bits per heavy atom. The Morgan fingerprint density at radius 1 is 1.00 bits per heavy atom. The third-order valence-corrected chi connectivity index (χ3v) is 3.67. The molecule has 0 fully saturated rings. The summed E-state index contributed by atoms with van der Waals surface area (Å²) in [4.78, 5) is 24.9. The van der Waals surface area contributed by atoms with E-state index in [1.807, 2.05) is 6.92 Å². The molecule has 2 aromatic rings. The van der Waals surface area contributed by atoms with Gasteiger partial charge in [-0.2, -0.15) is 0 Å². The Kier molecular flexibility index (Phi) is 6.09. The van der Waals surface area contributed by atoms with Crippen molar-refractivity contribution in [2.24, 2.45) is 0 Å². The van der Waals surface area contributed by atoms with E-state index in [4.69, 9.17) is 0 Å². The van der Waals surface area contributed by atoms with Gasteiger partial charge in [0.25, 0.3) is 11.8 Å². The minimum Gasteiger partial charge on any atom is -0.359 e. The molecule has 0 saturated carbocycles. The summed E-state index contributed by atoms with van der Waals surface area (Å²) in [5.41, 5.74) is -1.45. The highest BCUT2D eigenvalue weighted by Gasteiger charge is 2.39. The van der Waals surface area contributed by atoms with Gasteiger partial charge in [-0.3, -0.25) is 9.59 Å². The number of hydrogen-bond acceptors (Lipinski definition) is 3. The first-order valence-electron chi connectivity index (χ1n) is 8.01. The Labute approximate surface area is 141 Å². The molecule has 2 aromatic carbocycles. The van der Waals surface area contributed by atoms with E-state index >= 15 is 0 Å². The third kappa shape index (κ3) is 4.20. The fraction of sp³-hybridized carbons (Fsp3) is 0.263. The fourth-order valence-electron chi connectivity index (χ4n) is 2.27. The second-order valence-corrected chi connectivity index (χ2v) is 5.51. The number of unbranched alkanes of at least 4 members (excludes halogenated alkanes) is 1. The Morgan fingerprint density at radius 2 is 1.58 bits per heavy atom. The van der Waals surface area contributed by atoms with Crippen molar-refractivity contribution in [2.75, 3.05) is 6.54 Å². The van der Waals surface area contributed by atoms with Crippen LogP contribution in [0.25, 0.3) is 0 Å². The molecular weight excluding hydrogens is 304 g/mol. The molecule has 0 saturated heterocycles. The highest BCUT2D eigenvalue weighted by Crippen LogP contribution is 2.19. The zero-order chi connectivity index (χ0) is 17.4. The lowest BCUT2D eigenvalue weighted by Crippen LogP contribution is -2.56. The minimum atomic E-state index is -2.12. The molecule has 5 heteroatoms. The monoisotopic (exact) mass is 326 g/mol. The van der Waals surface area contributed by atoms with Gasteiger partial charge in [0.2, 0.25) is 5.72 Å². The predicted molar refractivity (Wildman–Crippen MR) is 92.2 cm³/mol. The van der Waals surface area contributed by atoms with Crippen molar-refractivity contribution in [1.29, 1.82) is 0 Å². The molecule has 126 valence electrons. The average Bonchev–Trinajstić information content (AvgIpc) is 2.63. The predicted octanol–water partition coefficient (Wildman–Crippen LogP) is 2.18. The van der Waals surface area contributed by atoms with Crippen molar-refractivity contribution >= 4 is 11.8 Å². The molecule has 0 bridgehead atoms. The third-order valence-electron chi connectivity index (χ3n) is 3.67. The summed E-state index contributed by atoms with van der Waals surface area (Å²) < 4.78 is 0. The Hall–Kier alpha value is -2.66. The topological polar surface area (TPSA) is 78.4 Å². The molecule has 5 nitrogen and oxygen atoms in total. The summed E-state index contributed by atoms with van der Waals surface area (Å²) in [5.74, 6) is -1.17. The van der Waals surface area contributed by atoms with Crippen molar-refractivity contribution in [1.82, 2.24) is 10.6 Å². The number of benzene rings is 2. The normalized spacial score (nSPS) is 12.9. The second-order valence-electron chi connectivity index (χ2n) is 5.51. The SMILES string of the molecule is CCCCNC(=O)C(O)(NC(=O)c1ccccc1)c1ccccc1. The molecule has 1 unspecified atom stereocenters. The van der Waals surface area contributed by atoms with E-state index in [2.05, 4.69) is 10.6 Å². The summed E-state index contributed by atoms with van der Waals surface area (Å²) in [7, 11) is 0. The van der Waals surface area contributed by atoms with Crippen molar-refractivity contribution in [3.63, 3.8) is 0 Å². The van der Waals surface area contributed by atoms with Crippen LogP contribution in [0.3, 0.4) is 0 Å². The molecule has 2 amide bonds. The van der Waals surface area contributed by atoms with Crippen molar-refractivity contribution in [3.05, 3.63) is 71.8 Å². The van der Waals surface area contributed by atoms with Crippen molar-refractivity contribution < 1.29 is 14.7 Å². The van der Waals surface area contributed by atoms with E-state index < -0.39 is 17.5 Å². The number of carbonyl (C=O) groups excluding carboxylic acids is 2. The first kappa shape index (κ1) is 17.7. The van der Waals surface area contributed by atoms with Crippen LogP contribution in [0.15, 0.2) is 60.7 Å². The van der Waals surface area contributed by atoms with E-state index in [0.29, 0.717) is 17.7 Å². The number of amides is 2. The average molecular weight is 326 g/mol. The number of rotatable bonds is 7. The Balaban J connectivity index is 2.26. The summed E-state index contributed by atoms with van der Waals surface area (Å²) in [5, 5.41) is 16.1. The molecule has 24 heavy (non-hydrogen) atoms. The minimum absolute atomic E-state index is 0.309. The molecule has 0 spiro atoms. The molecule has 1 atom stereocenters. The van der Waals surface area contributed by atoms with E-state index in [1.165, 1.54) is 0 Å². The van der Waals surface area contributed by atoms with Gasteiger partial charge in [-0.1, -0.05) is 61.9 Å². The van der Waals surface area contributed by atoms with Gasteiger partial charge >= 0.3 is 0 Å². The molecule has 3 N–H and O–H groups in total. The van der Waals surface area contributed by atoms with Crippen LogP contribution in [0.2, 0.25) is 0 Å². The van der Waals surface area contributed by atoms with Crippen molar-refractivity contribution in [2.45, 2.75) is 25.5 Å². The molecule has 0 aliphatic carbocycles. The summed E-state index contributed by atoms with van der Waals surface area (Å²) in [6, 6.07) is 16.9. The van der Waals surface area contributed by atoms with Crippen LogP contribution >= 0.6 is 0 Å². The van der Waals surface area contributed by atoms with Gasteiger partial charge in [-0.25, -0.2) is 0 Å². The molecule has 2 rings (SSSR count). The Bertz CT molecular complexity index is 674. The van der Waals surface area contributed by atoms with Crippen LogP contribution in [0.4, 0.5) is 0 Å². The lowest BCUT2D eigenvalue weighted by Gasteiger charge is -2.28. The number of hydrogen-bond donors (Lipinski definition) is 3. The fourth-order valence-corrected chi connectivity index (χ4v) is 2.27. The van der Waals surface area contributed by atoms with E-state index in [9.17, 15) is 14.7 Å². The van der Waals surface area contributed by atoms with Gasteiger partial charge in [0.1, 0.15) is 0 Å². The largest absolute Gasteiger partial charge is 0.359 e. The summed E-state index contributed by atoms with van der Waals surface area (Å²) in [6.45, 7) is 2.44. The van der Waals surface area contributed by atoms with E-state index in [0.717, 1.165) is 12.8 Å². The summed E-state index contributed by atoms with van der Waals surface area (Å²) >= 11 is 0. The molecule has 0 aromatic heterocycles. The zero-order valence-electron chi connectivity index (χ0n) is 13.7. The lowest BCUT2D eigenvalue weighted by molar-refractivity contribution is -0.143. The maximum absolute atomic E-state index is 12.5. The zero-order valence-corrected chi connectivity index (χ0v) is 13.7. The summed E-state index contributed by atoms with van der Waals surface area (Å²) in [6.07, 6.45) is 1.71. The van der Waals surface area contributed by atoms with Crippen LogP contribution in [-0.2, 0) is 10.5 Å². The first-order valence-corrected chi connectivity index (χ1v) is 8.01. The smallest absolute Gasteiger partial charge is 0.278 e. The van der Waals surface area contributed by atoms with Gasteiger partial charge in [0.05, 0.1) is 0 Å². The van der Waals surface area contributed by atoms with Gasteiger partial charge in [-0.15, -0.1) is 0 Å². The van der Waals surface area contributed by atoms with Crippen LogP contribution in [0, 0.1) is 0 Å². The second kappa shape index (κ2) is 8.26. The standard InChI is InChI=1S/C19H22N2O3/c1-2-3-14-20-18(23)19(24,16-12-8-5-9-13-16)21-17(22)15-10-6-4-7-11-15/h4-13,24H,2-3,14H2,1H3,(H,20,23)(H,21,22). The van der Waals surface area contributed by atoms with Crippen LogP contribution in [-0.4, -0.2) is 23.5 Å². The number of nitrogens with one attached hydrogen (secondary N) is 2. The van der Waals surface area contributed by atoms with Crippen molar-refractivity contribution in [3.8, 4) is 0 Å². The van der Waals surface area contributed by atoms with Crippen LogP contribution < -0.4 is 10.6 Å². The number of carbonyl (C=O) groups is 2. The van der Waals surface area contributed by atoms with E-state index in [1.54, 1.807) is 60.7 Å². The molecule has 0 aliphatic heterocycles. The quantitative estimate of drug-likeness (QED) is 0.539. The van der Waals surface area contributed by atoms with Crippen LogP contribution in [0.5, 0.6) is 0 Å². The van der Waals surface area contributed by atoms with Gasteiger partial charge in [0, 0.05) is 17.7 Å². The molecule has 0 aliphatic rings. The highest BCUT2D eigenvalue weighted by molar-refractivity contribution is 5.98. The number of aliphatic hydroxyl groups is 1. The molecule has 0 heterocycles. The first-order chi connectivity index (χ1) is 11.6. The molecule has 0 radical (unpaired) electrons. The van der Waals surface area contributed by atoms with E-state index in [-0.39, 0.29) is 0 Å². The van der Waals surface area contributed by atoms with Gasteiger partial charge < -0.3 is 15.7 Å². The highest BCUT2D eigenvalue weighted by atomic mass is 16.3. The lowest BCUT2D eigenvalue weighted by atomic mass is 10.0.